The molecule has 0 atom stereocenters. The predicted octanol–water partition coefficient (Wildman–Crippen LogP) is 2.60. The van der Waals surface area contributed by atoms with E-state index in [1.54, 1.807) is 12.1 Å². The first-order valence-electron chi connectivity index (χ1n) is 6.87. The van der Waals surface area contributed by atoms with Gasteiger partial charge >= 0.3 is 0 Å². The first-order chi connectivity index (χ1) is 10.6. The van der Waals surface area contributed by atoms with Crippen LogP contribution in [0.4, 0.5) is 5.13 Å². The molecule has 22 heavy (non-hydrogen) atoms. The number of rotatable bonds is 2. The van der Waals surface area contributed by atoms with E-state index in [-0.39, 0.29) is 5.78 Å². The van der Waals surface area contributed by atoms with Crippen LogP contribution in [-0.4, -0.2) is 16.5 Å². The molecule has 0 saturated carbocycles. The van der Waals surface area contributed by atoms with Gasteiger partial charge in [-0.1, -0.05) is 35.1 Å². The van der Waals surface area contributed by atoms with Gasteiger partial charge in [0.1, 0.15) is 5.71 Å². The molecule has 4 nitrogen and oxygen atoms in total. The topological polar surface area (TPSA) is 54.4 Å². The van der Waals surface area contributed by atoms with Crippen LogP contribution in [0, 0.1) is 0 Å². The molecular formula is C16H14ClN3OS. The lowest BCUT2D eigenvalue weighted by atomic mass is 10.1. The van der Waals surface area contributed by atoms with Crippen molar-refractivity contribution in [3.63, 3.8) is 0 Å². The minimum Gasteiger partial charge on any atom is -0.287 e. The first-order valence-corrected chi connectivity index (χ1v) is 8.07. The van der Waals surface area contributed by atoms with E-state index in [0.717, 1.165) is 15.4 Å². The summed E-state index contributed by atoms with van der Waals surface area (Å²) in [5, 5.41) is 6.46. The summed E-state index contributed by atoms with van der Waals surface area (Å²) in [5.41, 5.74) is 4.97. The van der Waals surface area contributed by atoms with E-state index in [4.69, 9.17) is 11.6 Å². The zero-order chi connectivity index (χ0) is 15.7. The van der Waals surface area contributed by atoms with Crippen molar-refractivity contribution in [2.45, 2.75) is 20.3 Å². The third kappa shape index (κ3) is 2.69. The number of fused-ring (bicyclic) bond motifs is 1. The number of ketones is 1. The number of carbonyl (C=O) groups excluding carboxylic acids is 1. The number of carbonyl (C=O) groups is 1. The summed E-state index contributed by atoms with van der Waals surface area (Å²) in [4.78, 5) is 16.7. The molecule has 1 N–H and O–H groups in total. The zero-order valence-electron chi connectivity index (χ0n) is 12.2. The summed E-state index contributed by atoms with van der Waals surface area (Å²) in [6.45, 7) is 3.91. The average Bonchev–Trinajstić information content (AvgIpc) is 3.06. The minimum atomic E-state index is -0.0553. The van der Waals surface area contributed by atoms with E-state index in [2.05, 4.69) is 15.5 Å². The van der Waals surface area contributed by atoms with Crippen LogP contribution >= 0.6 is 22.9 Å². The average molecular weight is 332 g/mol. The Labute approximate surface area is 136 Å². The Kier molecular flexibility index (Phi) is 4.09. The molecule has 1 aromatic carbocycles. The van der Waals surface area contributed by atoms with E-state index in [1.807, 2.05) is 32.1 Å². The van der Waals surface area contributed by atoms with Crippen molar-refractivity contribution in [3.05, 3.63) is 44.2 Å². The van der Waals surface area contributed by atoms with Crippen molar-refractivity contribution in [1.82, 2.24) is 4.98 Å². The molecule has 0 radical (unpaired) electrons. The number of halogens is 1. The number of benzene rings is 1. The van der Waals surface area contributed by atoms with E-state index in [0.29, 0.717) is 27.9 Å². The maximum atomic E-state index is 12.3. The van der Waals surface area contributed by atoms with Crippen molar-refractivity contribution >= 4 is 51.7 Å². The van der Waals surface area contributed by atoms with Crippen LogP contribution in [0.25, 0.3) is 12.2 Å². The normalized spacial score (nSPS) is 17.4. The van der Waals surface area contributed by atoms with Gasteiger partial charge in [0.05, 0.1) is 9.88 Å². The van der Waals surface area contributed by atoms with Gasteiger partial charge in [-0.2, -0.15) is 5.10 Å². The Morgan fingerprint density at radius 1 is 1.36 bits per heavy atom. The molecule has 6 heteroatoms. The Morgan fingerprint density at radius 3 is 2.86 bits per heavy atom. The van der Waals surface area contributed by atoms with Crippen molar-refractivity contribution in [2.24, 2.45) is 5.10 Å². The maximum Gasteiger partial charge on any atom is 0.209 e. The highest BCUT2D eigenvalue weighted by atomic mass is 35.5. The molecule has 1 aliphatic carbocycles. The summed E-state index contributed by atoms with van der Waals surface area (Å²) in [5.74, 6) is -0.0553. The Balaban J connectivity index is 1.86. The number of hydrogen-bond donors (Lipinski definition) is 1. The second-order valence-corrected chi connectivity index (χ2v) is 6.29. The van der Waals surface area contributed by atoms with Crippen LogP contribution in [0.15, 0.2) is 23.3 Å². The molecule has 0 amide bonds. The van der Waals surface area contributed by atoms with Crippen LogP contribution in [-0.2, 0) is 6.42 Å². The standard InChI is InChI=1S/C16H14ClN3OS/c1-3-12-14(4-2)22-16(18-12)20-19-13-8-9-7-10(17)5-6-11(9)15(13)21/h3-7H,8H2,1-2H3,(H,18,20)/b12-3+,14-4+,19-13-. The molecule has 0 saturated heterocycles. The van der Waals surface area contributed by atoms with Gasteiger partial charge in [0.2, 0.25) is 10.9 Å². The second kappa shape index (κ2) is 6.02. The number of Topliss-reactive ketones (excluding diaryl/α,β-unsaturated/α-hetero) is 1. The lowest BCUT2D eigenvalue weighted by molar-refractivity contribution is 0.106. The highest BCUT2D eigenvalue weighted by molar-refractivity contribution is 7.13. The first kappa shape index (κ1) is 14.9. The smallest absolute Gasteiger partial charge is 0.209 e. The summed E-state index contributed by atoms with van der Waals surface area (Å²) in [6, 6.07) is 5.29. The number of hydrazone groups is 1. The van der Waals surface area contributed by atoms with E-state index in [9.17, 15) is 4.79 Å². The van der Waals surface area contributed by atoms with E-state index in [1.165, 1.54) is 11.3 Å². The molecule has 1 aromatic heterocycles. The van der Waals surface area contributed by atoms with Gasteiger partial charge in [0.15, 0.2) is 0 Å². The van der Waals surface area contributed by atoms with Gasteiger partial charge in [-0.3, -0.25) is 10.2 Å². The van der Waals surface area contributed by atoms with Crippen LogP contribution in [0.2, 0.25) is 5.02 Å². The van der Waals surface area contributed by atoms with Crippen molar-refractivity contribution in [3.8, 4) is 0 Å². The Morgan fingerprint density at radius 2 is 2.18 bits per heavy atom. The van der Waals surface area contributed by atoms with Crippen molar-refractivity contribution < 1.29 is 4.79 Å². The fourth-order valence-electron chi connectivity index (χ4n) is 2.36. The molecule has 0 aliphatic heterocycles. The highest BCUT2D eigenvalue weighted by Crippen LogP contribution is 2.24. The van der Waals surface area contributed by atoms with E-state index >= 15 is 0 Å². The fourth-order valence-corrected chi connectivity index (χ4v) is 3.38. The molecule has 2 aromatic rings. The van der Waals surface area contributed by atoms with Crippen LogP contribution in [0.1, 0.15) is 29.8 Å². The van der Waals surface area contributed by atoms with Crippen LogP contribution in [0.3, 0.4) is 0 Å². The van der Waals surface area contributed by atoms with E-state index < -0.39 is 0 Å². The van der Waals surface area contributed by atoms with Gasteiger partial charge in [0, 0.05) is 17.0 Å². The molecule has 0 unspecified atom stereocenters. The summed E-state index contributed by atoms with van der Waals surface area (Å²) >= 11 is 7.47. The van der Waals surface area contributed by atoms with Gasteiger partial charge in [0.25, 0.3) is 0 Å². The van der Waals surface area contributed by atoms with Crippen molar-refractivity contribution in [1.29, 1.82) is 0 Å². The van der Waals surface area contributed by atoms with Crippen LogP contribution < -0.4 is 15.3 Å². The molecule has 1 heterocycles. The molecule has 1 aliphatic rings. The lowest BCUT2D eigenvalue weighted by Crippen LogP contribution is -2.19. The number of thiazole rings is 1. The molecule has 0 bridgehead atoms. The summed E-state index contributed by atoms with van der Waals surface area (Å²) in [6.07, 6.45) is 4.44. The maximum absolute atomic E-state index is 12.3. The summed E-state index contributed by atoms with van der Waals surface area (Å²) < 4.78 is 1.08. The van der Waals surface area contributed by atoms with Gasteiger partial charge in [-0.05, 0) is 37.6 Å². The highest BCUT2D eigenvalue weighted by Gasteiger charge is 2.26. The third-order valence-electron chi connectivity index (χ3n) is 3.44. The number of anilines is 1. The predicted molar refractivity (Wildman–Crippen MR) is 92.2 cm³/mol. The summed E-state index contributed by atoms with van der Waals surface area (Å²) in [7, 11) is 0. The van der Waals surface area contributed by atoms with Gasteiger partial charge < -0.3 is 0 Å². The zero-order valence-corrected chi connectivity index (χ0v) is 13.8. The number of nitrogens with zero attached hydrogens (tertiary/aromatic N) is 2. The van der Waals surface area contributed by atoms with Crippen molar-refractivity contribution in [2.75, 3.05) is 5.43 Å². The quantitative estimate of drug-likeness (QED) is 0.861. The molecule has 112 valence electrons. The molecular weight excluding hydrogens is 318 g/mol. The lowest BCUT2D eigenvalue weighted by Gasteiger charge is -1.95. The number of nitrogens with one attached hydrogen (secondary N) is 1. The minimum absolute atomic E-state index is 0.0553. The monoisotopic (exact) mass is 331 g/mol. The number of hydrogen-bond acceptors (Lipinski definition) is 5. The molecule has 0 spiro atoms. The van der Waals surface area contributed by atoms with Crippen LogP contribution in [0.5, 0.6) is 0 Å². The SMILES string of the molecule is C/C=c1/nc(N/N=C2/Cc3cc(Cl)ccc3C2=O)s/c1=C/C. The largest absolute Gasteiger partial charge is 0.287 e. The molecule has 0 fully saturated rings. The molecule has 3 rings (SSSR count). The van der Waals surface area contributed by atoms with Gasteiger partial charge in [-0.25, -0.2) is 4.98 Å². The number of aromatic nitrogens is 1. The Bertz CT molecular complexity index is 867. The Hall–Kier alpha value is -1.98. The van der Waals surface area contributed by atoms with Gasteiger partial charge in [-0.15, -0.1) is 0 Å². The third-order valence-corrected chi connectivity index (χ3v) is 4.71. The fraction of sp³-hybridized carbons (Fsp3) is 0.188. The second-order valence-electron chi connectivity index (χ2n) is 4.82.